The third-order valence-corrected chi connectivity index (χ3v) is 4.58. The van der Waals surface area contributed by atoms with Crippen molar-refractivity contribution in [1.82, 2.24) is 5.32 Å². The van der Waals surface area contributed by atoms with Crippen LogP contribution in [0.1, 0.15) is 21.5 Å². The van der Waals surface area contributed by atoms with E-state index in [4.69, 9.17) is 5.73 Å². The van der Waals surface area contributed by atoms with E-state index in [-0.39, 0.29) is 18.2 Å². The van der Waals surface area contributed by atoms with Crippen LogP contribution in [-0.4, -0.2) is 24.1 Å². The second-order valence-corrected chi connectivity index (χ2v) is 6.47. The highest BCUT2D eigenvalue weighted by Gasteiger charge is 2.29. The molecule has 0 aliphatic rings. The van der Waals surface area contributed by atoms with Crippen LogP contribution >= 0.6 is 11.8 Å². The summed E-state index contributed by atoms with van der Waals surface area (Å²) in [7, 11) is 0. The second kappa shape index (κ2) is 8.75. The first-order valence-electron chi connectivity index (χ1n) is 7.72. The van der Waals surface area contributed by atoms with E-state index >= 15 is 0 Å². The van der Waals surface area contributed by atoms with E-state index in [1.807, 2.05) is 0 Å². The molecule has 138 valence electrons. The van der Waals surface area contributed by atoms with E-state index in [9.17, 15) is 22.8 Å². The molecular formula is C18H17F3N2O2S. The largest absolute Gasteiger partial charge is 0.416 e. The van der Waals surface area contributed by atoms with Gasteiger partial charge in [0, 0.05) is 11.4 Å². The number of rotatable bonds is 7. The van der Waals surface area contributed by atoms with E-state index in [1.165, 1.54) is 23.9 Å². The van der Waals surface area contributed by atoms with Gasteiger partial charge in [-0.2, -0.15) is 13.2 Å². The number of halogens is 3. The van der Waals surface area contributed by atoms with Gasteiger partial charge in [0.05, 0.1) is 16.9 Å². The summed E-state index contributed by atoms with van der Waals surface area (Å²) in [5.74, 6) is -0.729. The molecule has 0 saturated carbocycles. The molecule has 0 fully saturated rings. The fourth-order valence-corrected chi connectivity index (χ4v) is 2.99. The molecular weight excluding hydrogens is 365 g/mol. The van der Waals surface area contributed by atoms with Crippen molar-refractivity contribution in [2.75, 3.05) is 12.3 Å². The third kappa shape index (κ3) is 5.80. The summed E-state index contributed by atoms with van der Waals surface area (Å²) in [6.07, 6.45) is -3.96. The first kappa shape index (κ1) is 19.8. The number of primary amides is 1. The van der Waals surface area contributed by atoms with Gasteiger partial charge in [0.2, 0.25) is 5.91 Å². The Balaban J connectivity index is 1.92. The van der Waals surface area contributed by atoms with Crippen molar-refractivity contribution in [3.63, 3.8) is 0 Å². The van der Waals surface area contributed by atoms with Gasteiger partial charge >= 0.3 is 6.18 Å². The highest BCUT2D eigenvalue weighted by atomic mass is 32.2. The van der Waals surface area contributed by atoms with Crippen LogP contribution in [0.2, 0.25) is 0 Å². The van der Waals surface area contributed by atoms with Crippen LogP contribution in [-0.2, 0) is 17.4 Å². The predicted molar refractivity (Wildman–Crippen MR) is 93.8 cm³/mol. The Morgan fingerprint density at radius 2 is 1.69 bits per heavy atom. The molecule has 0 saturated heterocycles. The quantitative estimate of drug-likeness (QED) is 0.722. The van der Waals surface area contributed by atoms with Crippen LogP contribution in [0.3, 0.4) is 0 Å². The van der Waals surface area contributed by atoms with Crippen LogP contribution < -0.4 is 11.1 Å². The van der Waals surface area contributed by atoms with E-state index < -0.39 is 17.6 Å². The summed E-state index contributed by atoms with van der Waals surface area (Å²) < 4.78 is 37.6. The lowest BCUT2D eigenvalue weighted by atomic mass is 10.1. The van der Waals surface area contributed by atoms with Gasteiger partial charge in [0.25, 0.3) is 5.91 Å². The van der Waals surface area contributed by atoms with Crippen molar-refractivity contribution < 1.29 is 22.8 Å². The molecule has 2 aromatic rings. The molecule has 0 aromatic heterocycles. The Hall–Kier alpha value is -2.48. The van der Waals surface area contributed by atoms with Crippen molar-refractivity contribution in [3.05, 3.63) is 65.2 Å². The van der Waals surface area contributed by atoms with Crippen LogP contribution in [0.5, 0.6) is 0 Å². The number of benzene rings is 2. The minimum atomic E-state index is -4.36. The van der Waals surface area contributed by atoms with Gasteiger partial charge in [0.1, 0.15) is 0 Å². The Morgan fingerprint density at radius 3 is 2.31 bits per heavy atom. The number of carbonyl (C=O) groups is 2. The number of carbonyl (C=O) groups excluding carboxylic acids is 2. The standard InChI is InChI=1S/C18H17F3N2O2S/c19-18(20,21)13-7-5-12(6-8-13)9-10-23-17(25)14-3-1-2-4-15(14)26-11-16(22)24/h1-8H,9-11H2,(H2,22,24)(H,23,25). The lowest BCUT2D eigenvalue weighted by Crippen LogP contribution is -2.26. The molecule has 0 bridgehead atoms. The maximum atomic E-state index is 12.5. The maximum absolute atomic E-state index is 12.5. The molecule has 2 rings (SSSR count). The molecule has 26 heavy (non-hydrogen) atoms. The summed E-state index contributed by atoms with van der Waals surface area (Å²) in [6, 6.07) is 11.6. The molecule has 2 aromatic carbocycles. The van der Waals surface area contributed by atoms with Gasteiger partial charge in [0.15, 0.2) is 0 Å². The molecule has 0 heterocycles. The molecule has 0 aliphatic heterocycles. The van der Waals surface area contributed by atoms with Crippen LogP contribution in [0.15, 0.2) is 53.4 Å². The van der Waals surface area contributed by atoms with Gasteiger partial charge in [-0.3, -0.25) is 9.59 Å². The number of nitrogens with one attached hydrogen (secondary N) is 1. The number of alkyl halides is 3. The Kier molecular flexibility index (Phi) is 6.68. The maximum Gasteiger partial charge on any atom is 0.416 e. The lowest BCUT2D eigenvalue weighted by molar-refractivity contribution is -0.137. The first-order valence-corrected chi connectivity index (χ1v) is 8.70. The number of thioether (sulfide) groups is 1. The van der Waals surface area contributed by atoms with Crippen LogP contribution in [0, 0.1) is 0 Å². The second-order valence-electron chi connectivity index (χ2n) is 5.45. The molecule has 0 spiro atoms. The van der Waals surface area contributed by atoms with Crippen molar-refractivity contribution in [2.24, 2.45) is 5.73 Å². The molecule has 0 atom stereocenters. The summed E-state index contributed by atoms with van der Waals surface area (Å²) in [6.45, 7) is 0.277. The van der Waals surface area contributed by atoms with Crippen LogP contribution in [0.4, 0.5) is 13.2 Å². The minimum Gasteiger partial charge on any atom is -0.369 e. The smallest absolute Gasteiger partial charge is 0.369 e. The highest BCUT2D eigenvalue weighted by molar-refractivity contribution is 8.00. The number of amides is 2. The van der Waals surface area contributed by atoms with E-state index in [2.05, 4.69) is 5.32 Å². The van der Waals surface area contributed by atoms with Crippen molar-refractivity contribution in [2.45, 2.75) is 17.5 Å². The summed E-state index contributed by atoms with van der Waals surface area (Å²) >= 11 is 1.18. The van der Waals surface area contributed by atoms with Gasteiger partial charge in [-0.1, -0.05) is 24.3 Å². The predicted octanol–water partition coefficient (Wildman–Crippen LogP) is 3.26. The molecule has 8 heteroatoms. The Morgan fingerprint density at radius 1 is 1.04 bits per heavy atom. The molecule has 0 unspecified atom stereocenters. The van der Waals surface area contributed by atoms with Gasteiger partial charge < -0.3 is 11.1 Å². The number of hydrogen-bond acceptors (Lipinski definition) is 3. The summed E-state index contributed by atoms with van der Waals surface area (Å²) in [4.78, 5) is 23.8. The Labute approximate surface area is 153 Å². The number of hydrogen-bond donors (Lipinski definition) is 2. The molecule has 2 amide bonds. The first-order chi connectivity index (χ1) is 12.3. The topological polar surface area (TPSA) is 72.2 Å². The molecule has 3 N–H and O–H groups in total. The monoisotopic (exact) mass is 382 g/mol. The zero-order valence-corrected chi connectivity index (χ0v) is 14.5. The SMILES string of the molecule is NC(=O)CSc1ccccc1C(=O)NCCc1ccc(C(F)(F)F)cc1. The van der Waals surface area contributed by atoms with Gasteiger partial charge in [-0.05, 0) is 36.2 Å². The van der Waals surface area contributed by atoms with Crippen LogP contribution in [0.25, 0.3) is 0 Å². The highest BCUT2D eigenvalue weighted by Crippen LogP contribution is 2.29. The van der Waals surface area contributed by atoms with Gasteiger partial charge in [-0.25, -0.2) is 0 Å². The van der Waals surface area contributed by atoms with Gasteiger partial charge in [-0.15, -0.1) is 11.8 Å². The molecule has 0 radical (unpaired) electrons. The lowest BCUT2D eigenvalue weighted by Gasteiger charge is -2.10. The summed E-state index contributed by atoms with van der Waals surface area (Å²) in [5, 5.41) is 2.73. The average molecular weight is 382 g/mol. The summed E-state index contributed by atoms with van der Waals surface area (Å²) in [5.41, 5.74) is 5.53. The van der Waals surface area contributed by atoms with Crippen molar-refractivity contribution in [3.8, 4) is 0 Å². The minimum absolute atomic E-state index is 0.0653. The van der Waals surface area contributed by atoms with E-state index in [1.54, 1.807) is 24.3 Å². The van der Waals surface area contributed by atoms with E-state index in [0.717, 1.165) is 12.1 Å². The normalized spacial score (nSPS) is 11.2. The fourth-order valence-electron chi connectivity index (χ4n) is 2.20. The zero-order valence-electron chi connectivity index (χ0n) is 13.7. The fraction of sp³-hybridized carbons (Fsp3) is 0.222. The van der Waals surface area contributed by atoms with Crippen molar-refractivity contribution >= 4 is 23.6 Å². The average Bonchev–Trinajstić information content (AvgIpc) is 2.59. The van der Waals surface area contributed by atoms with Crippen molar-refractivity contribution in [1.29, 1.82) is 0 Å². The molecule has 4 nitrogen and oxygen atoms in total. The third-order valence-electron chi connectivity index (χ3n) is 3.48. The Bertz CT molecular complexity index is 777. The number of nitrogens with two attached hydrogens (primary N) is 1. The molecule has 0 aliphatic carbocycles. The zero-order chi connectivity index (χ0) is 19.2. The van der Waals surface area contributed by atoms with E-state index in [0.29, 0.717) is 22.4 Å².